The van der Waals surface area contributed by atoms with Gasteiger partial charge in [-0.25, -0.2) is 4.98 Å². The van der Waals surface area contributed by atoms with Crippen LogP contribution in [0, 0.1) is 5.41 Å². The highest BCUT2D eigenvalue weighted by molar-refractivity contribution is 5.94. The van der Waals surface area contributed by atoms with Crippen molar-refractivity contribution in [3.63, 3.8) is 0 Å². The maximum absolute atomic E-state index is 12.8. The maximum atomic E-state index is 12.8. The molecule has 1 aromatic heterocycles. The normalized spacial score (nSPS) is 16.9. The molecule has 1 aromatic carbocycles. The molecule has 27 heavy (non-hydrogen) atoms. The second-order valence-corrected chi connectivity index (χ2v) is 8.69. The van der Waals surface area contributed by atoms with Crippen LogP contribution < -0.4 is 5.32 Å². The van der Waals surface area contributed by atoms with Gasteiger partial charge in [0, 0.05) is 31.0 Å². The van der Waals surface area contributed by atoms with Gasteiger partial charge in [0.15, 0.2) is 0 Å². The lowest BCUT2D eigenvalue weighted by atomic mass is 9.86. The largest absolute Gasteiger partial charge is 0.347 e. The van der Waals surface area contributed by atoms with E-state index in [1.807, 2.05) is 22.9 Å². The molecule has 1 aliphatic heterocycles. The molecule has 5 heteroatoms. The number of benzene rings is 1. The number of carbonyl (C=O) groups is 1. The lowest BCUT2D eigenvalue weighted by molar-refractivity contribution is 0.0892. The summed E-state index contributed by atoms with van der Waals surface area (Å²) >= 11 is 0. The minimum absolute atomic E-state index is 0.0143. The molecule has 0 saturated carbocycles. The minimum Gasteiger partial charge on any atom is -0.347 e. The standard InChI is InChI=1S/C22H32N4O/c1-22(2,3)20(16-26-14-11-23-17-26)24-21(27)19-9-7-18(8-10-19)15-25-12-5-4-6-13-25/h7-11,14,17,20H,4-6,12-13,15-16H2,1-3H3,(H,24,27)/t20-/m1/s1. The number of carbonyl (C=O) groups excluding carboxylic acids is 1. The predicted octanol–water partition coefficient (Wildman–Crippen LogP) is 3.71. The summed E-state index contributed by atoms with van der Waals surface area (Å²) in [5.74, 6) is -0.0143. The molecule has 1 amide bonds. The van der Waals surface area contributed by atoms with Crippen LogP contribution >= 0.6 is 0 Å². The first-order chi connectivity index (χ1) is 12.9. The summed E-state index contributed by atoms with van der Waals surface area (Å²) in [5, 5.41) is 3.21. The molecule has 0 unspecified atom stereocenters. The molecule has 0 bridgehead atoms. The number of rotatable bonds is 6. The Balaban J connectivity index is 1.61. The van der Waals surface area contributed by atoms with Gasteiger partial charge in [0.25, 0.3) is 5.91 Å². The van der Waals surface area contributed by atoms with Crippen LogP contribution in [0.5, 0.6) is 0 Å². The number of nitrogens with zero attached hydrogens (tertiary/aromatic N) is 3. The number of imidazole rings is 1. The Morgan fingerprint density at radius 1 is 1.15 bits per heavy atom. The highest BCUT2D eigenvalue weighted by atomic mass is 16.1. The average molecular weight is 369 g/mol. The van der Waals surface area contributed by atoms with Gasteiger partial charge < -0.3 is 9.88 Å². The summed E-state index contributed by atoms with van der Waals surface area (Å²) < 4.78 is 2.01. The fraction of sp³-hybridized carbons (Fsp3) is 0.545. The summed E-state index contributed by atoms with van der Waals surface area (Å²) in [7, 11) is 0. The van der Waals surface area contributed by atoms with Gasteiger partial charge in [-0.15, -0.1) is 0 Å². The Hall–Kier alpha value is -2.14. The van der Waals surface area contributed by atoms with Crippen LogP contribution in [0.1, 0.15) is 56.0 Å². The number of hydrogen-bond donors (Lipinski definition) is 1. The van der Waals surface area contributed by atoms with E-state index in [1.54, 1.807) is 12.5 Å². The van der Waals surface area contributed by atoms with Gasteiger partial charge in [-0.3, -0.25) is 9.69 Å². The van der Waals surface area contributed by atoms with Crippen molar-refractivity contribution in [1.29, 1.82) is 0 Å². The summed E-state index contributed by atoms with van der Waals surface area (Å²) in [6.45, 7) is 10.5. The molecule has 1 atom stereocenters. The highest BCUT2D eigenvalue weighted by Crippen LogP contribution is 2.21. The smallest absolute Gasteiger partial charge is 0.251 e. The summed E-state index contributed by atoms with van der Waals surface area (Å²) in [4.78, 5) is 19.4. The van der Waals surface area contributed by atoms with Crippen molar-refractivity contribution in [2.45, 2.75) is 59.2 Å². The SMILES string of the molecule is CC(C)(C)[C@@H](Cn1ccnc1)NC(=O)c1ccc(CN2CCCCC2)cc1. The topological polar surface area (TPSA) is 50.2 Å². The third-order valence-corrected chi connectivity index (χ3v) is 5.37. The van der Waals surface area contributed by atoms with Crippen molar-refractivity contribution in [3.05, 3.63) is 54.1 Å². The van der Waals surface area contributed by atoms with E-state index in [0.717, 1.165) is 12.1 Å². The molecule has 0 aliphatic carbocycles. The Morgan fingerprint density at radius 3 is 2.44 bits per heavy atom. The molecule has 1 aliphatic rings. The molecule has 0 radical (unpaired) electrons. The van der Waals surface area contributed by atoms with Crippen molar-refractivity contribution in [2.24, 2.45) is 5.41 Å². The zero-order valence-corrected chi connectivity index (χ0v) is 16.8. The second-order valence-electron chi connectivity index (χ2n) is 8.69. The first-order valence-electron chi connectivity index (χ1n) is 10.00. The van der Waals surface area contributed by atoms with Gasteiger partial charge in [-0.05, 0) is 49.0 Å². The van der Waals surface area contributed by atoms with Crippen LogP contribution in [0.4, 0.5) is 0 Å². The molecule has 146 valence electrons. The van der Waals surface area contributed by atoms with Crippen molar-refractivity contribution < 1.29 is 4.79 Å². The van der Waals surface area contributed by atoms with Gasteiger partial charge in [0.2, 0.25) is 0 Å². The third kappa shape index (κ3) is 5.67. The zero-order valence-electron chi connectivity index (χ0n) is 16.8. The van der Waals surface area contributed by atoms with Crippen LogP contribution in [0.2, 0.25) is 0 Å². The van der Waals surface area contributed by atoms with Gasteiger partial charge in [-0.1, -0.05) is 39.3 Å². The molecule has 1 N–H and O–H groups in total. The third-order valence-electron chi connectivity index (χ3n) is 5.37. The summed E-state index contributed by atoms with van der Waals surface area (Å²) in [6, 6.07) is 8.10. The molecule has 1 saturated heterocycles. The Kier molecular flexibility index (Phi) is 6.32. The number of amides is 1. The van der Waals surface area contributed by atoms with Gasteiger partial charge in [0.1, 0.15) is 0 Å². The molecule has 0 spiro atoms. The predicted molar refractivity (Wildman–Crippen MR) is 109 cm³/mol. The van der Waals surface area contributed by atoms with E-state index in [-0.39, 0.29) is 17.4 Å². The Bertz CT molecular complexity index is 710. The average Bonchev–Trinajstić information content (AvgIpc) is 3.15. The lowest BCUT2D eigenvalue weighted by Gasteiger charge is -2.32. The molecule has 2 aromatic rings. The van der Waals surface area contributed by atoms with Gasteiger partial charge in [0.05, 0.1) is 12.4 Å². The molecule has 1 fully saturated rings. The van der Waals surface area contributed by atoms with Crippen molar-refractivity contribution in [1.82, 2.24) is 19.8 Å². The van der Waals surface area contributed by atoms with Gasteiger partial charge >= 0.3 is 0 Å². The van der Waals surface area contributed by atoms with Crippen LogP contribution in [-0.4, -0.2) is 39.5 Å². The summed E-state index contributed by atoms with van der Waals surface area (Å²) in [6.07, 6.45) is 9.43. The van der Waals surface area contributed by atoms with E-state index in [2.05, 4.69) is 48.1 Å². The monoisotopic (exact) mass is 368 g/mol. The van der Waals surface area contributed by atoms with E-state index < -0.39 is 0 Å². The van der Waals surface area contributed by atoms with Gasteiger partial charge in [-0.2, -0.15) is 0 Å². The molecule has 2 heterocycles. The summed E-state index contributed by atoms with van der Waals surface area (Å²) in [5.41, 5.74) is 1.95. The van der Waals surface area contributed by atoms with Crippen molar-refractivity contribution >= 4 is 5.91 Å². The number of likely N-dealkylation sites (tertiary alicyclic amines) is 1. The molecular formula is C22H32N4O. The maximum Gasteiger partial charge on any atom is 0.251 e. The first-order valence-corrected chi connectivity index (χ1v) is 10.00. The minimum atomic E-state index is -0.0475. The van der Waals surface area contributed by atoms with Crippen LogP contribution in [0.3, 0.4) is 0 Å². The van der Waals surface area contributed by atoms with Crippen molar-refractivity contribution in [3.8, 4) is 0 Å². The van der Waals surface area contributed by atoms with Crippen LogP contribution in [-0.2, 0) is 13.1 Å². The highest BCUT2D eigenvalue weighted by Gasteiger charge is 2.27. The first kappa shape index (κ1) is 19.6. The number of piperidine rings is 1. The van der Waals surface area contributed by atoms with Crippen molar-refractivity contribution in [2.75, 3.05) is 13.1 Å². The van der Waals surface area contributed by atoms with Crippen LogP contribution in [0.15, 0.2) is 43.0 Å². The number of aromatic nitrogens is 2. The zero-order chi connectivity index (χ0) is 19.3. The molecule has 5 nitrogen and oxygen atoms in total. The Morgan fingerprint density at radius 2 is 1.85 bits per heavy atom. The van der Waals surface area contributed by atoms with E-state index in [1.165, 1.54) is 37.9 Å². The quantitative estimate of drug-likeness (QED) is 0.845. The fourth-order valence-corrected chi connectivity index (χ4v) is 3.52. The lowest BCUT2D eigenvalue weighted by Crippen LogP contribution is -2.46. The van der Waals surface area contributed by atoms with E-state index >= 15 is 0 Å². The number of nitrogens with one attached hydrogen (secondary N) is 1. The number of hydrogen-bond acceptors (Lipinski definition) is 3. The fourth-order valence-electron chi connectivity index (χ4n) is 3.52. The Labute approximate surface area is 162 Å². The van der Waals surface area contributed by atoms with Crippen LogP contribution in [0.25, 0.3) is 0 Å². The van der Waals surface area contributed by atoms with E-state index in [4.69, 9.17) is 0 Å². The second kappa shape index (κ2) is 8.70. The van der Waals surface area contributed by atoms with E-state index in [0.29, 0.717) is 6.54 Å². The molecule has 3 rings (SSSR count). The molecular weight excluding hydrogens is 336 g/mol. The van der Waals surface area contributed by atoms with E-state index in [9.17, 15) is 4.79 Å².